The third kappa shape index (κ3) is 2.61. The van der Waals surface area contributed by atoms with E-state index in [1.807, 2.05) is 31.2 Å². The summed E-state index contributed by atoms with van der Waals surface area (Å²) in [6.45, 7) is 1.88. The fourth-order valence-electron chi connectivity index (χ4n) is 2.25. The van der Waals surface area contributed by atoms with Crippen molar-refractivity contribution in [3.05, 3.63) is 52.8 Å². The number of aromatic nitrogens is 4. The minimum atomic E-state index is 0.318. The van der Waals surface area contributed by atoms with Crippen LogP contribution in [0.2, 0.25) is 0 Å². The van der Waals surface area contributed by atoms with Crippen LogP contribution in [0.25, 0.3) is 17.2 Å². The van der Waals surface area contributed by atoms with E-state index in [1.165, 1.54) is 0 Å². The van der Waals surface area contributed by atoms with E-state index in [9.17, 15) is 0 Å². The molecule has 0 aliphatic heterocycles. The Morgan fingerprint density at radius 3 is 2.67 bits per heavy atom. The van der Waals surface area contributed by atoms with E-state index in [-0.39, 0.29) is 0 Å². The third-order valence-electron chi connectivity index (χ3n) is 3.45. The molecule has 2 N–H and O–H groups in total. The van der Waals surface area contributed by atoms with Crippen LogP contribution < -0.4 is 10.5 Å². The predicted molar refractivity (Wildman–Crippen MR) is 91.8 cm³/mol. The van der Waals surface area contributed by atoms with Crippen molar-refractivity contribution in [2.75, 3.05) is 5.73 Å². The Balaban J connectivity index is 1.73. The minimum absolute atomic E-state index is 0.318. The second-order valence-electron chi connectivity index (χ2n) is 5.14. The molecule has 1 aromatic carbocycles. The van der Waals surface area contributed by atoms with Gasteiger partial charge in [-0.15, -0.1) is 5.10 Å². The Morgan fingerprint density at radius 1 is 1.17 bits per heavy atom. The molecule has 0 saturated carbocycles. The first-order valence-corrected chi connectivity index (χ1v) is 7.90. The van der Waals surface area contributed by atoms with Crippen LogP contribution in [-0.2, 0) is 0 Å². The zero-order valence-electron chi connectivity index (χ0n) is 12.6. The van der Waals surface area contributed by atoms with E-state index in [0.717, 1.165) is 10.0 Å². The van der Waals surface area contributed by atoms with Crippen molar-refractivity contribution in [3.63, 3.8) is 0 Å². The average molecular weight is 386 g/mol. The second-order valence-corrected chi connectivity index (χ2v) is 6.05. The molecule has 4 rings (SSSR count). The highest BCUT2D eigenvalue weighted by molar-refractivity contribution is 9.10. The van der Waals surface area contributed by atoms with Gasteiger partial charge in [-0.2, -0.15) is 0 Å². The van der Waals surface area contributed by atoms with Gasteiger partial charge in [0.1, 0.15) is 12.1 Å². The molecule has 3 aromatic heterocycles. The second kappa shape index (κ2) is 5.64. The van der Waals surface area contributed by atoms with Crippen LogP contribution in [0.5, 0.6) is 11.6 Å². The molecule has 0 amide bonds. The summed E-state index contributed by atoms with van der Waals surface area (Å²) in [6, 6.07) is 10.9. The van der Waals surface area contributed by atoms with Crippen LogP contribution in [0.15, 0.2) is 51.6 Å². The van der Waals surface area contributed by atoms with Crippen molar-refractivity contribution in [1.82, 2.24) is 19.6 Å². The number of hydrogen-bond donors (Lipinski definition) is 1. The molecule has 0 unspecified atom stereocenters. The van der Waals surface area contributed by atoms with E-state index in [1.54, 1.807) is 23.0 Å². The molecule has 4 aromatic rings. The maximum Gasteiger partial charge on any atom is 0.227 e. The molecule has 0 bridgehead atoms. The fourth-order valence-corrected chi connectivity index (χ4v) is 2.52. The van der Waals surface area contributed by atoms with Crippen LogP contribution in [0, 0.1) is 6.92 Å². The van der Waals surface area contributed by atoms with Gasteiger partial charge in [0.25, 0.3) is 0 Å². The molecule has 8 heteroatoms. The summed E-state index contributed by atoms with van der Waals surface area (Å²) in [4.78, 5) is 8.79. The van der Waals surface area contributed by atoms with Gasteiger partial charge in [-0.05, 0) is 37.3 Å². The van der Waals surface area contributed by atoms with Crippen LogP contribution >= 0.6 is 15.9 Å². The number of benzene rings is 1. The number of anilines is 1. The number of furan rings is 1. The number of fused-ring (bicyclic) bond motifs is 1. The molecular formula is C16H12BrN5O2. The number of nitrogen functional groups attached to an aromatic ring is 1. The normalized spacial score (nSPS) is 11.1. The van der Waals surface area contributed by atoms with E-state index < -0.39 is 0 Å². The van der Waals surface area contributed by atoms with Gasteiger partial charge in [0, 0.05) is 10.5 Å². The summed E-state index contributed by atoms with van der Waals surface area (Å²) in [7, 11) is 0. The van der Waals surface area contributed by atoms with E-state index in [4.69, 9.17) is 14.9 Å². The Morgan fingerprint density at radius 2 is 1.96 bits per heavy atom. The lowest BCUT2D eigenvalue weighted by Crippen LogP contribution is -1.97. The van der Waals surface area contributed by atoms with Gasteiger partial charge in [-0.3, -0.25) is 0 Å². The van der Waals surface area contributed by atoms with Gasteiger partial charge in [0.15, 0.2) is 17.3 Å². The summed E-state index contributed by atoms with van der Waals surface area (Å²) in [5, 5.41) is 4.35. The molecule has 0 fully saturated rings. The molecule has 24 heavy (non-hydrogen) atoms. The number of ether oxygens (including phenoxy) is 1. The van der Waals surface area contributed by atoms with Gasteiger partial charge in [-0.1, -0.05) is 15.9 Å². The van der Waals surface area contributed by atoms with Crippen molar-refractivity contribution < 1.29 is 9.15 Å². The van der Waals surface area contributed by atoms with Crippen molar-refractivity contribution in [2.24, 2.45) is 0 Å². The fraction of sp³-hybridized carbons (Fsp3) is 0.0625. The Hall–Kier alpha value is -2.87. The first kappa shape index (κ1) is 14.7. The number of rotatable bonds is 3. The van der Waals surface area contributed by atoms with Gasteiger partial charge in [0.05, 0.1) is 5.56 Å². The first-order chi connectivity index (χ1) is 11.6. The lowest BCUT2D eigenvalue weighted by atomic mass is 10.3. The van der Waals surface area contributed by atoms with Crippen LogP contribution in [0.3, 0.4) is 0 Å². The third-order valence-corrected chi connectivity index (χ3v) is 3.98. The molecule has 0 spiro atoms. The SMILES string of the molecule is Cc1c(Oc2ccc(Br)cc2)ncn2nc(-c3ccc(N)o3)nc12. The molecule has 120 valence electrons. The van der Waals surface area contributed by atoms with E-state index in [2.05, 4.69) is 31.0 Å². The number of hydrogen-bond acceptors (Lipinski definition) is 6. The van der Waals surface area contributed by atoms with Crippen molar-refractivity contribution in [2.45, 2.75) is 6.92 Å². The maximum atomic E-state index is 5.83. The summed E-state index contributed by atoms with van der Waals surface area (Å²) in [5.41, 5.74) is 7.01. The van der Waals surface area contributed by atoms with Gasteiger partial charge in [0.2, 0.25) is 11.7 Å². The zero-order valence-corrected chi connectivity index (χ0v) is 14.2. The largest absolute Gasteiger partial charge is 0.439 e. The zero-order chi connectivity index (χ0) is 16.7. The van der Waals surface area contributed by atoms with Gasteiger partial charge < -0.3 is 14.9 Å². The lowest BCUT2D eigenvalue weighted by Gasteiger charge is -2.07. The van der Waals surface area contributed by atoms with Crippen LogP contribution in [0.4, 0.5) is 5.88 Å². The monoisotopic (exact) mass is 385 g/mol. The lowest BCUT2D eigenvalue weighted by molar-refractivity contribution is 0.457. The Bertz CT molecular complexity index is 1020. The molecular weight excluding hydrogens is 374 g/mol. The quantitative estimate of drug-likeness (QED) is 0.576. The number of nitrogens with two attached hydrogens (primary N) is 1. The Kier molecular flexibility index (Phi) is 3.46. The smallest absolute Gasteiger partial charge is 0.227 e. The molecule has 3 heterocycles. The highest BCUT2D eigenvalue weighted by Gasteiger charge is 2.15. The topological polar surface area (TPSA) is 91.5 Å². The molecule has 0 atom stereocenters. The van der Waals surface area contributed by atoms with Crippen LogP contribution in [0.1, 0.15) is 5.56 Å². The standard InChI is InChI=1S/C16H12BrN5O2/c1-9-15-20-14(12-6-7-13(18)24-12)21-22(15)8-19-16(9)23-11-4-2-10(17)3-5-11/h2-8H,18H2,1H3. The highest BCUT2D eigenvalue weighted by Crippen LogP contribution is 2.27. The number of aryl methyl sites for hydroxylation is 1. The minimum Gasteiger partial charge on any atom is -0.439 e. The predicted octanol–water partition coefficient (Wildman–Crippen LogP) is 3.83. The van der Waals surface area contributed by atoms with Crippen molar-refractivity contribution in [1.29, 1.82) is 0 Å². The number of halogens is 1. The van der Waals surface area contributed by atoms with Gasteiger partial charge in [-0.25, -0.2) is 14.5 Å². The van der Waals surface area contributed by atoms with Crippen molar-refractivity contribution >= 4 is 27.5 Å². The van der Waals surface area contributed by atoms with Gasteiger partial charge >= 0.3 is 0 Å². The highest BCUT2D eigenvalue weighted by atomic mass is 79.9. The van der Waals surface area contributed by atoms with E-state index in [0.29, 0.717) is 34.7 Å². The average Bonchev–Trinajstić information content (AvgIpc) is 3.18. The molecule has 0 aliphatic carbocycles. The number of nitrogens with zero attached hydrogens (tertiary/aromatic N) is 4. The molecule has 0 saturated heterocycles. The Labute approximate surface area is 145 Å². The maximum absolute atomic E-state index is 5.83. The first-order valence-electron chi connectivity index (χ1n) is 7.11. The summed E-state index contributed by atoms with van der Waals surface area (Å²) < 4.78 is 13.8. The molecule has 0 radical (unpaired) electrons. The van der Waals surface area contributed by atoms with E-state index >= 15 is 0 Å². The summed E-state index contributed by atoms with van der Waals surface area (Å²) in [5.74, 6) is 2.43. The molecule has 7 nitrogen and oxygen atoms in total. The summed E-state index contributed by atoms with van der Waals surface area (Å²) >= 11 is 3.39. The van der Waals surface area contributed by atoms with Crippen molar-refractivity contribution in [3.8, 4) is 23.2 Å². The molecule has 0 aliphatic rings. The van der Waals surface area contributed by atoms with Crippen LogP contribution in [-0.4, -0.2) is 19.6 Å². The summed E-state index contributed by atoms with van der Waals surface area (Å²) in [6.07, 6.45) is 1.55.